The number of nitrogens with zero attached hydrogens (tertiary/aromatic N) is 1. The van der Waals surface area contributed by atoms with Gasteiger partial charge in [0.15, 0.2) is 0 Å². The minimum Gasteiger partial charge on any atom is -0.381 e. The van der Waals surface area contributed by atoms with Crippen LogP contribution in [0.3, 0.4) is 0 Å². The molecule has 1 aromatic carbocycles. The molecule has 1 aliphatic rings. The van der Waals surface area contributed by atoms with Crippen molar-refractivity contribution in [2.45, 2.75) is 32.6 Å². The van der Waals surface area contributed by atoms with Crippen molar-refractivity contribution in [1.29, 1.82) is 0 Å². The van der Waals surface area contributed by atoms with E-state index in [9.17, 15) is 14.4 Å². The Kier molecular flexibility index (Phi) is 6.29. The Morgan fingerprint density at radius 3 is 2.52 bits per heavy atom. The van der Waals surface area contributed by atoms with Crippen molar-refractivity contribution >= 4 is 23.4 Å². The summed E-state index contributed by atoms with van der Waals surface area (Å²) in [5.41, 5.74) is 1.72. The molecule has 0 aromatic heterocycles. The molecular weight excluding hydrogens is 296 g/mol. The van der Waals surface area contributed by atoms with Crippen molar-refractivity contribution in [3.8, 4) is 0 Å². The van der Waals surface area contributed by atoms with Crippen LogP contribution >= 0.6 is 0 Å². The van der Waals surface area contributed by atoms with Crippen LogP contribution in [0, 0.1) is 0 Å². The molecule has 0 spiro atoms. The van der Waals surface area contributed by atoms with Gasteiger partial charge in [-0.25, -0.2) is 0 Å². The van der Waals surface area contributed by atoms with E-state index in [1.807, 2.05) is 31.2 Å². The van der Waals surface area contributed by atoms with Gasteiger partial charge in [-0.1, -0.05) is 12.1 Å². The molecule has 0 unspecified atom stereocenters. The second-order valence-electron chi connectivity index (χ2n) is 5.38. The van der Waals surface area contributed by atoms with E-state index in [1.165, 1.54) is 4.90 Å². The van der Waals surface area contributed by atoms with Gasteiger partial charge in [-0.05, 0) is 31.0 Å². The summed E-state index contributed by atoms with van der Waals surface area (Å²) in [5.74, 6) is -0.285. The maximum absolute atomic E-state index is 11.8. The number of β-lactam (4-membered cyclic amide) rings is 1. The summed E-state index contributed by atoms with van der Waals surface area (Å²) < 4.78 is 5.14. The van der Waals surface area contributed by atoms with Crippen molar-refractivity contribution in [3.05, 3.63) is 29.8 Å². The summed E-state index contributed by atoms with van der Waals surface area (Å²) >= 11 is 0. The molecule has 1 heterocycles. The first-order valence-corrected chi connectivity index (χ1v) is 7.90. The molecular formula is C17H22N2O4. The Balaban J connectivity index is 1.74. The van der Waals surface area contributed by atoms with Gasteiger partial charge >= 0.3 is 0 Å². The first kappa shape index (κ1) is 17.1. The van der Waals surface area contributed by atoms with Crippen molar-refractivity contribution in [1.82, 2.24) is 4.90 Å². The lowest BCUT2D eigenvalue weighted by Gasteiger charge is -2.28. The number of imide groups is 1. The summed E-state index contributed by atoms with van der Waals surface area (Å²) in [5, 5.41) is 2.80. The Bertz CT molecular complexity index is 568. The fourth-order valence-corrected chi connectivity index (χ4v) is 2.25. The molecule has 0 bridgehead atoms. The highest BCUT2D eigenvalue weighted by Crippen LogP contribution is 2.14. The molecule has 0 radical (unpaired) electrons. The van der Waals surface area contributed by atoms with E-state index in [-0.39, 0.29) is 17.7 Å². The van der Waals surface area contributed by atoms with Gasteiger partial charge in [0.25, 0.3) is 0 Å². The summed E-state index contributed by atoms with van der Waals surface area (Å²) in [6.45, 7) is 3.45. The van der Waals surface area contributed by atoms with E-state index in [4.69, 9.17) is 4.74 Å². The highest BCUT2D eigenvalue weighted by Gasteiger charge is 2.29. The van der Waals surface area contributed by atoms with Crippen LogP contribution in [0.2, 0.25) is 0 Å². The number of hydrogen-bond acceptors (Lipinski definition) is 4. The second kappa shape index (κ2) is 8.43. The van der Waals surface area contributed by atoms with Gasteiger partial charge < -0.3 is 10.1 Å². The third-order valence-electron chi connectivity index (χ3n) is 3.69. The Morgan fingerprint density at radius 1 is 1.22 bits per heavy atom. The van der Waals surface area contributed by atoms with Gasteiger partial charge in [-0.15, -0.1) is 0 Å². The first-order chi connectivity index (χ1) is 11.1. The molecule has 23 heavy (non-hydrogen) atoms. The minimum absolute atomic E-state index is 0.0832. The number of rotatable bonds is 8. The molecule has 6 heteroatoms. The second-order valence-corrected chi connectivity index (χ2v) is 5.38. The largest absolute Gasteiger partial charge is 0.381 e. The number of anilines is 1. The van der Waals surface area contributed by atoms with Gasteiger partial charge in [0.2, 0.25) is 17.7 Å². The van der Waals surface area contributed by atoms with Crippen molar-refractivity contribution in [2.24, 2.45) is 0 Å². The summed E-state index contributed by atoms with van der Waals surface area (Å²) in [4.78, 5) is 35.9. The summed E-state index contributed by atoms with van der Waals surface area (Å²) in [6, 6.07) is 7.38. The third-order valence-corrected chi connectivity index (χ3v) is 3.69. The highest BCUT2D eigenvalue weighted by molar-refractivity contribution is 5.99. The molecule has 0 atom stereocenters. The molecule has 1 fully saturated rings. The maximum atomic E-state index is 11.8. The van der Waals surface area contributed by atoms with Crippen LogP contribution in [-0.4, -0.2) is 42.4 Å². The molecule has 3 amide bonds. The average molecular weight is 318 g/mol. The van der Waals surface area contributed by atoms with Crippen LogP contribution in [0.25, 0.3) is 0 Å². The van der Waals surface area contributed by atoms with Crippen LogP contribution in [0.1, 0.15) is 31.7 Å². The van der Waals surface area contributed by atoms with E-state index in [1.54, 1.807) is 0 Å². The topological polar surface area (TPSA) is 75.7 Å². The van der Waals surface area contributed by atoms with Crippen molar-refractivity contribution < 1.29 is 19.1 Å². The number of benzene rings is 1. The molecule has 1 aliphatic heterocycles. The first-order valence-electron chi connectivity index (χ1n) is 7.90. The molecule has 0 aliphatic carbocycles. The molecule has 1 saturated heterocycles. The number of amides is 3. The number of aryl methyl sites for hydroxylation is 1. The van der Waals surface area contributed by atoms with Gasteiger partial charge in [-0.3, -0.25) is 19.3 Å². The predicted molar refractivity (Wildman–Crippen MR) is 85.8 cm³/mol. The summed E-state index contributed by atoms with van der Waals surface area (Å²) in [7, 11) is 0. The lowest BCUT2D eigenvalue weighted by molar-refractivity contribution is -0.152. The van der Waals surface area contributed by atoms with Crippen LogP contribution in [0.4, 0.5) is 5.69 Å². The number of hydrogen-bond donors (Lipinski definition) is 1. The van der Waals surface area contributed by atoms with E-state index >= 15 is 0 Å². The van der Waals surface area contributed by atoms with E-state index in [0.717, 1.165) is 11.3 Å². The zero-order valence-electron chi connectivity index (χ0n) is 13.3. The van der Waals surface area contributed by atoms with Crippen LogP contribution in [-0.2, 0) is 25.5 Å². The number of carbonyl (C=O) groups is 3. The van der Waals surface area contributed by atoms with Crippen LogP contribution < -0.4 is 5.32 Å². The average Bonchev–Trinajstić information content (AvgIpc) is 2.53. The zero-order valence-corrected chi connectivity index (χ0v) is 13.3. The van der Waals surface area contributed by atoms with Gasteiger partial charge in [-0.2, -0.15) is 0 Å². The molecule has 1 aromatic rings. The SMILES string of the molecule is CCOCCC(=O)Nc1ccc(CCC(=O)N2CCC2=O)cc1. The Labute approximate surface area is 135 Å². The van der Waals surface area contributed by atoms with Gasteiger partial charge in [0.1, 0.15) is 0 Å². The molecule has 124 valence electrons. The van der Waals surface area contributed by atoms with Gasteiger partial charge in [0.05, 0.1) is 13.0 Å². The Hall–Kier alpha value is -2.21. The lowest BCUT2D eigenvalue weighted by Crippen LogP contribution is -2.47. The highest BCUT2D eigenvalue weighted by atomic mass is 16.5. The number of nitrogens with one attached hydrogen (secondary N) is 1. The van der Waals surface area contributed by atoms with Crippen molar-refractivity contribution in [3.63, 3.8) is 0 Å². The normalized spacial score (nSPS) is 13.6. The molecule has 6 nitrogen and oxygen atoms in total. The summed E-state index contributed by atoms with van der Waals surface area (Å²) in [6.07, 6.45) is 1.71. The number of likely N-dealkylation sites (tertiary alicyclic amines) is 1. The molecule has 1 N–H and O–H groups in total. The molecule has 2 rings (SSSR count). The zero-order chi connectivity index (χ0) is 16.7. The maximum Gasteiger partial charge on any atom is 0.230 e. The van der Waals surface area contributed by atoms with Crippen molar-refractivity contribution in [2.75, 3.05) is 25.1 Å². The fraction of sp³-hybridized carbons (Fsp3) is 0.471. The smallest absolute Gasteiger partial charge is 0.230 e. The van der Waals surface area contributed by atoms with Crippen LogP contribution in [0.5, 0.6) is 0 Å². The molecule has 0 saturated carbocycles. The monoisotopic (exact) mass is 318 g/mol. The number of ether oxygens (including phenoxy) is 1. The van der Waals surface area contributed by atoms with Gasteiger partial charge in [0, 0.05) is 31.7 Å². The number of carbonyl (C=O) groups excluding carboxylic acids is 3. The minimum atomic E-state index is -0.116. The van der Waals surface area contributed by atoms with E-state index in [0.29, 0.717) is 45.4 Å². The third kappa shape index (κ3) is 5.17. The van der Waals surface area contributed by atoms with E-state index < -0.39 is 0 Å². The quantitative estimate of drug-likeness (QED) is 0.585. The fourth-order valence-electron chi connectivity index (χ4n) is 2.25. The van der Waals surface area contributed by atoms with Crippen LogP contribution in [0.15, 0.2) is 24.3 Å². The van der Waals surface area contributed by atoms with E-state index in [2.05, 4.69) is 5.32 Å². The lowest BCUT2D eigenvalue weighted by atomic mass is 10.1. The Morgan fingerprint density at radius 2 is 1.96 bits per heavy atom. The standard InChI is InChI=1S/C17H22N2O4/c1-2-23-12-10-15(20)18-14-6-3-13(4-7-14)5-8-16(21)19-11-9-17(19)22/h3-4,6-7H,2,5,8-12H2,1H3,(H,18,20). The predicted octanol–water partition coefficient (Wildman–Crippen LogP) is 1.74.